The van der Waals surface area contributed by atoms with Crippen LogP contribution in [0.4, 0.5) is 10.1 Å². The van der Waals surface area contributed by atoms with Gasteiger partial charge in [0, 0.05) is 61.3 Å². The van der Waals surface area contributed by atoms with E-state index in [1.54, 1.807) is 31.5 Å². The van der Waals surface area contributed by atoms with Gasteiger partial charge in [-0.3, -0.25) is 9.78 Å². The van der Waals surface area contributed by atoms with Gasteiger partial charge in [-0.25, -0.2) is 4.39 Å². The monoisotopic (exact) mass is 499 g/mol. The molecule has 186 valence electrons. The largest absolute Gasteiger partial charge is 0.489 e. The number of likely N-dealkylation sites (N-methyl/N-ethyl adjacent to an activating group) is 1. The molecule has 8 nitrogen and oxygen atoms in total. The first-order valence-electron chi connectivity index (χ1n) is 11.5. The second-order valence-electron chi connectivity index (χ2n) is 8.71. The lowest BCUT2D eigenvalue weighted by molar-refractivity contribution is -0.115. The number of thiocarbonyl (C=S) groups is 1. The Kier molecular flexibility index (Phi) is 7.94. The third-order valence-electron chi connectivity index (χ3n) is 6.25. The lowest BCUT2D eigenvalue weighted by atomic mass is 10.0. The van der Waals surface area contributed by atoms with Crippen LogP contribution in [-0.2, 0) is 16.1 Å². The van der Waals surface area contributed by atoms with Crippen LogP contribution in [0.15, 0.2) is 47.9 Å². The SMILES string of the molecule is Cc1c(F)cccc1N1CCC(NCc2ccncc2OC[C@@H]2CN(C)CCO2)=C(C(N)=S)C1=O. The number of morpholine rings is 1. The van der Waals surface area contributed by atoms with Gasteiger partial charge in [-0.1, -0.05) is 18.3 Å². The summed E-state index contributed by atoms with van der Waals surface area (Å²) in [5.41, 5.74) is 8.67. The second kappa shape index (κ2) is 11.1. The van der Waals surface area contributed by atoms with Gasteiger partial charge in [-0.15, -0.1) is 0 Å². The van der Waals surface area contributed by atoms with Gasteiger partial charge in [-0.2, -0.15) is 0 Å². The van der Waals surface area contributed by atoms with Crippen molar-refractivity contribution >= 4 is 28.8 Å². The van der Waals surface area contributed by atoms with Gasteiger partial charge >= 0.3 is 0 Å². The predicted molar refractivity (Wildman–Crippen MR) is 136 cm³/mol. The van der Waals surface area contributed by atoms with E-state index < -0.39 is 0 Å². The zero-order chi connectivity index (χ0) is 24.9. The van der Waals surface area contributed by atoms with E-state index in [1.807, 2.05) is 6.07 Å². The van der Waals surface area contributed by atoms with Crippen LogP contribution in [0, 0.1) is 12.7 Å². The Morgan fingerprint density at radius 1 is 1.37 bits per heavy atom. The highest BCUT2D eigenvalue weighted by atomic mass is 32.1. The molecule has 4 rings (SSSR count). The average Bonchev–Trinajstić information content (AvgIpc) is 2.84. The number of hydrogen-bond donors (Lipinski definition) is 2. The van der Waals surface area contributed by atoms with Crippen LogP contribution in [0.25, 0.3) is 0 Å². The van der Waals surface area contributed by atoms with Gasteiger partial charge in [-0.05, 0) is 32.2 Å². The number of anilines is 1. The van der Waals surface area contributed by atoms with Crippen molar-refractivity contribution in [3.63, 3.8) is 0 Å². The molecule has 1 saturated heterocycles. The Bertz CT molecular complexity index is 1140. The van der Waals surface area contributed by atoms with Crippen LogP contribution < -0.4 is 20.7 Å². The van der Waals surface area contributed by atoms with Crippen LogP contribution in [0.2, 0.25) is 0 Å². The van der Waals surface area contributed by atoms with E-state index in [-0.39, 0.29) is 28.4 Å². The van der Waals surface area contributed by atoms with E-state index in [0.717, 1.165) is 18.7 Å². The minimum absolute atomic E-state index is 0.000949. The van der Waals surface area contributed by atoms with Gasteiger partial charge in [0.15, 0.2) is 0 Å². The molecule has 2 aromatic rings. The van der Waals surface area contributed by atoms with E-state index in [4.69, 9.17) is 27.4 Å². The van der Waals surface area contributed by atoms with Gasteiger partial charge in [0.1, 0.15) is 29.3 Å². The van der Waals surface area contributed by atoms with Crippen LogP contribution in [0.5, 0.6) is 5.75 Å². The Morgan fingerprint density at radius 3 is 2.97 bits per heavy atom. The molecular weight excluding hydrogens is 469 g/mol. The molecule has 1 aromatic heterocycles. The summed E-state index contributed by atoms with van der Waals surface area (Å²) in [7, 11) is 2.06. The second-order valence-corrected chi connectivity index (χ2v) is 9.15. The molecule has 35 heavy (non-hydrogen) atoms. The average molecular weight is 500 g/mol. The van der Waals surface area contributed by atoms with Crippen LogP contribution in [-0.4, -0.2) is 66.8 Å². The number of nitrogens with zero attached hydrogens (tertiary/aromatic N) is 3. The quantitative estimate of drug-likeness (QED) is 0.535. The summed E-state index contributed by atoms with van der Waals surface area (Å²) in [5.74, 6) is -0.0614. The van der Waals surface area contributed by atoms with Crippen molar-refractivity contribution in [1.82, 2.24) is 15.2 Å². The van der Waals surface area contributed by atoms with Crippen LogP contribution >= 0.6 is 12.2 Å². The molecule has 0 bridgehead atoms. The molecule has 1 amide bonds. The number of halogens is 1. The van der Waals surface area contributed by atoms with Gasteiger partial charge < -0.3 is 30.3 Å². The standard InChI is InChI=1S/C25H30FN5O3S/c1-16-19(26)4-3-5-21(16)31-9-7-20(23(24(27)35)25(31)32)29-12-17-6-8-28-13-22(17)34-15-18-14-30(2)10-11-33-18/h3-6,8,13,18,29H,7,9-12,14-15H2,1-2H3,(H2,27,35)/t18-/m0/s1. The maximum Gasteiger partial charge on any atom is 0.263 e. The third-order valence-corrected chi connectivity index (χ3v) is 6.46. The topological polar surface area (TPSA) is 92.9 Å². The van der Waals surface area contributed by atoms with Crippen molar-refractivity contribution in [1.29, 1.82) is 0 Å². The van der Waals surface area contributed by atoms with Crippen molar-refractivity contribution in [2.75, 3.05) is 44.8 Å². The summed E-state index contributed by atoms with van der Waals surface area (Å²) < 4.78 is 25.9. The molecule has 3 heterocycles. The minimum atomic E-state index is -0.365. The highest BCUT2D eigenvalue weighted by Crippen LogP contribution is 2.29. The summed E-state index contributed by atoms with van der Waals surface area (Å²) in [6.07, 6.45) is 3.86. The molecular formula is C25H30FN5O3S. The summed E-state index contributed by atoms with van der Waals surface area (Å²) >= 11 is 5.22. The fourth-order valence-electron chi connectivity index (χ4n) is 4.30. The zero-order valence-electron chi connectivity index (χ0n) is 19.9. The molecule has 0 spiro atoms. The third kappa shape index (κ3) is 5.77. The number of nitrogens with two attached hydrogens (primary N) is 1. The Hall–Kier alpha value is -3.08. The number of amides is 1. The zero-order valence-corrected chi connectivity index (χ0v) is 20.7. The van der Waals surface area contributed by atoms with Crippen molar-refractivity contribution < 1.29 is 18.7 Å². The molecule has 10 heteroatoms. The number of carbonyl (C=O) groups excluding carboxylic acids is 1. The molecule has 2 aliphatic heterocycles. The first-order chi connectivity index (χ1) is 16.8. The summed E-state index contributed by atoms with van der Waals surface area (Å²) in [6, 6.07) is 6.55. The van der Waals surface area contributed by atoms with Gasteiger partial charge in [0.25, 0.3) is 5.91 Å². The van der Waals surface area contributed by atoms with Crippen LogP contribution in [0.3, 0.4) is 0 Å². The number of aromatic nitrogens is 1. The van der Waals surface area contributed by atoms with Crippen molar-refractivity contribution in [3.05, 3.63) is 64.9 Å². The van der Waals surface area contributed by atoms with Crippen molar-refractivity contribution in [3.8, 4) is 5.75 Å². The van der Waals surface area contributed by atoms with E-state index >= 15 is 0 Å². The van der Waals surface area contributed by atoms with E-state index in [1.165, 1.54) is 11.0 Å². The number of benzene rings is 1. The minimum Gasteiger partial charge on any atom is -0.489 e. The Morgan fingerprint density at radius 2 is 2.20 bits per heavy atom. The maximum absolute atomic E-state index is 14.1. The first kappa shape index (κ1) is 25.0. The van der Waals surface area contributed by atoms with Crippen molar-refractivity contribution in [2.45, 2.75) is 26.0 Å². The van der Waals surface area contributed by atoms with E-state index in [0.29, 0.717) is 55.4 Å². The lowest BCUT2D eigenvalue weighted by Crippen LogP contribution is -2.43. The predicted octanol–water partition coefficient (Wildman–Crippen LogP) is 2.31. The molecule has 1 atom stereocenters. The molecule has 1 fully saturated rings. The van der Waals surface area contributed by atoms with Gasteiger partial charge in [0.2, 0.25) is 0 Å². The number of nitrogens with one attached hydrogen (secondary N) is 1. The number of carbonyl (C=O) groups is 1. The highest BCUT2D eigenvalue weighted by molar-refractivity contribution is 7.80. The maximum atomic E-state index is 14.1. The van der Waals surface area contributed by atoms with Crippen LogP contribution in [0.1, 0.15) is 17.5 Å². The molecule has 0 saturated carbocycles. The summed E-state index contributed by atoms with van der Waals surface area (Å²) in [4.78, 5) is 21.2. The highest BCUT2D eigenvalue weighted by Gasteiger charge is 2.31. The summed E-state index contributed by atoms with van der Waals surface area (Å²) in [5, 5.41) is 3.33. The molecule has 1 aromatic carbocycles. The molecule has 0 unspecified atom stereocenters. The Labute approximate surface area is 209 Å². The number of pyridine rings is 1. The first-order valence-corrected chi connectivity index (χ1v) is 12.0. The fourth-order valence-corrected chi connectivity index (χ4v) is 4.51. The normalized spacial score (nSPS) is 19.1. The summed E-state index contributed by atoms with van der Waals surface area (Å²) in [6.45, 7) is 5.25. The Balaban J connectivity index is 1.48. The molecule has 2 aliphatic rings. The number of hydrogen-bond acceptors (Lipinski definition) is 7. The van der Waals surface area contributed by atoms with E-state index in [9.17, 15) is 9.18 Å². The smallest absolute Gasteiger partial charge is 0.263 e. The van der Waals surface area contributed by atoms with Gasteiger partial charge in [0.05, 0.1) is 18.4 Å². The molecule has 3 N–H and O–H groups in total. The fraction of sp³-hybridized carbons (Fsp3) is 0.400. The number of ether oxygens (including phenoxy) is 2. The molecule has 0 aliphatic carbocycles. The lowest BCUT2D eigenvalue weighted by Gasteiger charge is -2.32. The number of rotatable bonds is 8. The van der Waals surface area contributed by atoms with Crippen molar-refractivity contribution in [2.24, 2.45) is 5.73 Å². The van der Waals surface area contributed by atoms with E-state index in [2.05, 4.69) is 22.2 Å². The molecule has 0 radical (unpaired) electrons.